The first-order valence-corrected chi connectivity index (χ1v) is 10.0. The van der Waals surface area contributed by atoms with Crippen molar-refractivity contribution in [2.75, 3.05) is 11.0 Å². The molecular weight excluding hydrogens is 369 g/mol. The van der Waals surface area contributed by atoms with E-state index in [0.717, 1.165) is 6.26 Å². The zero-order valence-electron chi connectivity index (χ0n) is 11.2. The van der Waals surface area contributed by atoms with Crippen LogP contribution < -0.4 is 4.72 Å². The van der Waals surface area contributed by atoms with E-state index in [1.165, 1.54) is 42.5 Å². The van der Waals surface area contributed by atoms with Gasteiger partial charge in [0.1, 0.15) is 4.90 Å². The number of benzene rings is 2. The van der Waals surface area contributed by atoms with Crippen LogP contribution >= 0.6 is 23.2 Å². The van der Waals surface area contributed by atoms with Crippen molar-refractivity contribution >= 4 is 48.7 Å². The fourth-order valence-electron chi connectivity index (χ4n) is 1.68. The number of sulfone groups is 1. The molecule has 0 fully saturated rings. The van der Waals surface area contributed by atoms with Gasteiger partial charge in [0.15, 0.2) is 9.84 Å². The number of halogens is 2. The van der Waals surface area contributed by atoms with Crippen molar-refractivity contribution in [1.82, 2.24) is 0 Å². The highest BCUT2D eigenvalue weighted by Gasteiger charge is 2.19. The molecule has 2 rings (SSSR count). The molecule has 0 atom stereocenters. The first-order chi connectivity index (χ1) is 10.1. The summed E-state index contributed by atoms with van der Waals surface area (Å²) in [6, 6.07) is 9.52. The van der Waals surface area contributed by atoms with Gasteiger partial charge < -0.3 is 0 Å². The molecule has 0 amide bonds. The molecule has 2 aromatic rings. The van der Waals surface area contributed by atoms with Gasteiger partial charge in [-0.1, -0.05) is 29.3 Å². The quantitative estimate of drug-likeness (QED) is 0.884. The Morgan fingerprint density at radius 2 is 1.64 bits per heavy atom. The Bertz CT molecular complexity index is 925. The Kier molecular flexibility index (Phi) is 4.72. The highest BCUT2D eigenvalue weighted by Crippen LogP contribution is 2.27. The molecule has 118 valence electrons. The fraction of sp³-hybridized carbons (Fsp3) is 0.0769. The lowest BCUT2D eigenvalue weighted by atomic mass is 10.3. The number of sulfonamides is 1. The smallest absolute Gasteiger partial charge is 0.263 e. The van der Waals surface area contributed by atoms with E-state index < -0.39 is 19.9 Å². The molecule has 2 aromatic carbocycles. The van der Waals surface area contributed by atoms with Gasteiger partial charge in [-0.3, -0.25) is 4.72 Å². The van der Waals surface area contributed by atoms with E-state index in [0.29, 0.717) is 0 Å². The van der Waals surface area contributed by atoms with E-state index in [4.69, 9.17) is 23.2 Å². The van der Waals surface area contributed by atoms with Crippen molar-refractivity contribution in [2.24, 2.45) is 0 Å². The molecular formula is C13H11Cl2NO4S2. The van der Waals surface area contributed by atoms with Crippen LogP contribution in [0.1, 0.15) is 0 Å². The Morgan fingerprint density at radius 3 is 2.27 bits per heavy atom. The monoisotopic (exact) mass is 379 g/mol. The predicted octanol–water partition coefficient (Wildman–Crippen LogP) is 3.20. The molecule has 0 radical (unpaired) electrons. The third kappa shape index (κ3) is 3.92. The summed E-state index contributed by atoms with van der Waals surface area (Å²) in [5.41, 5.74) is 0.110. The Hall–Kier alpha value is -1.28. The predicted molar refractivity (Wildman–Crippen MR) is 86.8 cm³/mol. The van der Waals surface area contributed by atoms with Gasteiger partial charge in [0.25, 0.3) is 10.0 Å². The molecule has 0 aliphatic carbocycles. The third-order valence-corrected chi connectivity index (χ3v) is 5.91. The molecule has 22 heavy (non-hydrogen) atoms. The fourth-order valence-corrected chi connectivity index (χ4v) is 4.16. The van der Waals surface area contributed by atoms with Crippen LogP contribution in [0.25, 0.3) is 0 Å². The SMILES string of the molecule is CS(=O)(=O)c1cccc(NS(=O)(=O)c2cc(Cl)ccc2Cl)c1. The summed E-state index contributed by atoms with van der Waals surface area (Å²) in [5.74, 6) is 0. The highest BCUT2D eigenvalue weighted by molar-refractivity contribution is 7.93. The lowest BCUT2D eigenvalue weighted by Crippen LogP contribution is -2.14. The van der Waals surface area contributed by atoms with Gasteiger partial charge in [-0.05, 0) is 36.4 Å². The standard InChI is InChI=1S/C13H11Cl2NO4S2/c1-21(17,18)11-4-2-3-10(8-11)16-22(19,20)13-7-9(14)5-6-12(13)15/h2-8,16H,1H3. The largest absolute Gasteiger partial charge is 0.280 e. The van der Waals surface area contributed by atoms with E-state index in [1.807, 2.05) is 0 Å². The average Bonchev–Trinajstić information content (AvgIpc) is 2.40. The summed E-state index contributed by atoms with van der Waals surface area (Å²) in [6.45, 7) is 0. The summed E-state index contributed by atoms with van der Waals surface area (Å²) in [6.07, 6.45) is 1.04. The van der Waals surface area contributed by atoms with E-state index in [-0.39, 0.29) is 25.5 Å². The minimum absolute atomic E-state index is 0.00453. The molecule has 0 saturated heterocycles. The van der Waals surface area contributed by atoms with Crippen LogP contribution in [-0.2, 0) is 19.9 Å². The minimum atomic E-state index is -3.99. The molecule has 0 heterocycles. The summed E-state index contributed by atoms with van der Waals surface area (Å²) < 4.78 is 50.0. The molecule has 1 N–H and O–H groups in total. The highest BCUT2D eigenvalue weighted by atomic mass is 35.5. The van der Waals surface area contributed by atoms with Crippen LogP contribution in [0.15, 0.2) is 52.3 Å². The minimum Gasteiger partial charge on any atom is -0.280 e. The van der Waals surface area contributed by atoms with Crippen molar-refractivity contribution < 1.29 is 16.8 Å². The van der Waals surface area contributed by atoms with E-state index in [2.05, 4.69) is 4.72 Å². The number of nitrogens with one attached hydrogen (secondary N) is 1. The van der Waals surface area contributed by atoms with E-state index >= 15 is 0 Å². The van der Waals surface area contributed by atoms with Gasteiger partial charge in [-0.2, -0.15) is 0 Å². The van der Waals surface area contributed by atoms with Crippen LogP contribution in [0.5, 0.6) is 0 Å². The molecule has 9 heteroatoms. The molecule has 0 aliphatic rings. The van der Waals surface area contributed by atoms with Crippen LogP contribution in [-0.4, -0.2) is 23.1 Å². The van der Waals surface area contributed by atoms with Gasteiger partial charge >= 0.3 is 0 Å². The van der Waals surface area contributed by atoms with Crippen molar-refractivity contribution in [3.63, 3.8) is 0 Å². The maximum absolute atomic E-state index is 12.3. The number of hydrogen-bond donors (Lipinski definition) is 1. The number of anilines is 1. The lowest BCUT2D eigenvalue weighted by Gasteiger charge is -2.10. The Balaban J connectivity index is 2.44. The maximum atomic E-state index is 12.3. The van der Waals surface area contributed by atoms with Crippen molar-refractivity contribution in [3.8, 4) is 0 Å². The average molecular weight is 380 g/mol. The second-order valence-corrected chi connectivity index (χ2v) is 8.99. The van der Waals surface area contributed by atoms with Gasteiger partial charge in [0, 0.05) is 11.3 Å². The van der Waals surface area contributed by atoms with Gasteiger partial charge in [-0.25, -0.2) is 16.8 Å². The van der Waals surface area contributed by atoms with Gasteiger partial charge in [0.05, 0.1) is 15.6 Å². The number of rotatable bonds is 4. The van der Waals surface area contributed by atoms with Gasteiger partial charge in [-0.15, -0.1) is 0 Å². The Morgan fingerprint density at radius 1 is 0.955 bits per heavy atom. The van der Waals surface area contributed by atoms with Crippen LogP contribution in [0.4, 0.5) is 5.69 Å². The second kappa shape index (κ2) is 6.08. The summed E-state index contributed by atoms with van der Waals surface area (Å²) in [7, 11) is -7.43. The van der Waals surface area contributed by atoms with Gasteiger partial charge in [0.2, 0.25) is 0 Å². The summed E-state index contributed by atoms with van der Waals surface area (Å²) in [4.78, 5) is -0.184. The molecule has 0 aromatic heterocycles. The lowest BCUT2D eigenvalue weighted by molar-refractivity contribution is 0.599. The zero-order chi connectivity index (χ0) is 16.5. The summed E-state index contributed by atoms with van der Waals surface area (Å²) in [5, 5.41) is 0.228. The first kappa shape index (κ1) is 17.1. The zero-order valence-corrected chi connectivity index (χ0v) is 14.4. The van der Waals surface area contributed by atoms with Crippen molar-refractivity contribution in [1.29, 1.82) is 0 Å². The third-order valence-electron chi connectivity index (χ3n) is 2.70. The van der Waals surface area contributed by atoms with Crippen LogP contribution in [0, 0.1) is 0 Å². The van der Waals surface area contributed by atoms with Crippen molar-refractivity contribution in [2.45, 2.75) is 9.79 Å². The summed E-state index contributed by atoms with van der Waals surface area (Å²) >= 11 is 11.7. The van der Waals surface area contributed by atoms with E-state index in [1.54, 1.807) is 0 Å². The molecule has 0 unspecified atom stereocenters. The van der Waals surface area contributed by atoms with Crippen LogP contribution in [0.2, 0.25) is 10.0 Å². The molecule has 0 bridgehead atoms. The molecule has 0 spiro atoms. The Labute approximate surface area is 138 Å². The first-order valence-electron chi connectivity index (χ1n) is 5.87. The topological polar surface area (TPSA) is 80.3 Å². The van der Waals surface area contributed by atoms with Crippen molar-refractivity contribution in [3.05, 3.63) is 52.5 Å². The second-order valence-electron chi connectivity index (χ2n) is 4.48. The number of hydrogen-bond acceptors (Lipinski definition) is 4. The van der Waals surface area contributed by atoms with E-state index in [9.17, 15) is 16.8 Å². The molecule has 0 saturated carbocycles. The van der Waals surface area contributed by atoms with Crippen LogP contribution in [0.3, 0.4) is 0 Å². The molecule has 5 nitrogen and oxygen atoms in total. The molecule has 0 aliphatic heterocycles. The maximum Gasteiger partial charge on any atom is 0.263 e. The normalized spacial score (nSPS) is 12.1.